The van der Waals surface area contributed by atoms with E-state index < -0.39 is 24.1 Å². The van der Waals surface area contributed by atoms with Crippen LogP contribution in [0.2, 0.25) is 0 Å². The number of aliphatic hydroxyl groups excluding tert-OH is 1. The number of anilines is 1. The molecule has 0 spiro atoms. The number of fused-ring (bicyclic) bond motifs is 1. The zero-order chi connectivity index (χ0) is 41.4. The molecule has 2 aliphatic rings. The van der Waals surface area contributed by atoms with Crippen molar-refractivity contribution in [2.45, 2.75) is 97.6 Å². The van der Waals surface area contributed by atoms with Crippen molar-refractivity contribution >= 4 is 34.6 Å². The summed E-state index contributed by atoms with van der Waals surface area (Å²) < 4.78 is 18.6. The van der Waals surface area contributed by atoms with Crippen molar-refractivity contribution in [3.05, 3.63) is 83.7 Å². The number of alkyl carbamates (subject to hydrolysis) is 1. The zero-order valence-corrected chi connectivity index (χ0v) is 34.8. The predicted octanol–water partition coefficient (Wildman–Crippen LogP) is 6.56. The van der Waals surface area contributed by atoms with Crippen molar-refractivity contribution in [3.8, 4) is 11.3 Å². The summed E-state index contributed by atoms with van der Waals surface area (Å²) in [6.07, 6.45) is 4.93. The number of ether oxygens (including phenoxy) is 3. The van der Waals surface area contributed by atoms with E-state index in [1.54, 1.807) is 13.3 Å². The van der Waals surface area contributed by atoms with E-state index in [0.717, 1.165) is 70.6 Å². The topological polar surface area (TPSA) is 147 Å². The molecule has 4 aromatic rings. The first kappa shape index (κ1) is 42.6. The average Bonchev–Trinajstić information content (AvgIpc) is 3.56. The molecule has 6 rings (SSSR count). The number of carbonyl (C=O) groups excluding carboxylic acids is 3. The second-order valence-corrected chi connectivity index (χ2v) is 16.4. The minimum absolute atomic E-state index is 0.0388. The molecule has 2 aliphatic heterocycles. The first-order valence-electron chi connectivity index (χ1n) is 20.6. The lowest BCUT2D eigenvalue weighted by Crippen LogP contribution is -2.60. The molecule has 13 nitrogen and oxygen atoms in total. The molecule has 0 aliphatic carbocycles. The summed E-state index contributed by atoms with van der Waals surface area (Å²) in [4.78, 5) is 47.0. The molecule has 0 bridgehead atoms. The fraction of sp³-hybridized carbons (Fsp3) is 0.511. The lowest BCUT2D eigenvalue weighted by Gasteiger charge is -2.38. The molecule has 312 valence electrons. The number of pyridine rings is 1. The molecule has 2 aromatic heterocycles. The van der Waals surface area contributed by atoms with Crippen LogP contribution in [0.3, 0.4) is 0 Å². The van der Waals surface area contributed by atoms with Gasteiger partial charge < -0.3 is 34.1 Å². The number of benzene rings is 2. The van der Waals surface area contributed by atoms with Crippen LogP contribution in [0.15, 0.2) is 66.9 Å². The summed E-state index contributed by atoms with van der Waals surface area (Å²) in [5.74, 6) is -0.670. The monoisotopic (exact) mass is 796 g/mol. The Morgan fingerprint density at radius 3 is 2.53 bits per heavy atom. The SMILES string of the molecule is CCn1c(-c2cccnc2[C@H](C)OC)c(CC(C)(C)CO)c2cc(N3CCC[C@@H](C[C@H](NC(=O)OCc4ccccc4)C(=O)N4CCC[C@@H](C(=O)OC)N4)C3)ccc21. The Balaban J connectivity index is 1.29. The van der Waals surface area contributed by atoms with Gasteiger partial charge >= 0.3 is 12.1 Å². The highest BCUT2D eigenvalue weighted by Gasteiger charge is 2.36. The summed E-state index contributed by atoms with van der Waals surface area (Å²) in [6, 6.07) is 18.6. The number of esters is 1. The van der Waals surface area contributed by atoms with Gasteiger partial charge in [-0.05, 0) is 105 Å². The highest BCUT2D eigenvalue weighted by molar-refractivity contribution is 5.94. The zero-order valence-electron chi connectivity index (χ0n) is 34.8. The molecule has 2 amide bonds. The number of carbonyl (C=O) groups is 3. The van der Waals surface area contributed by atoms with Gasteiger partial charge in [-0.2, -0.15) is 0 Å². The molecule has 0 saturated carbocycles. The first-order chi connectivity index (χ1) is 28.0. The third-order valence-electron chi connectivity index (χ3n) is 11.6. The molecule has 4 heterocycles. The highest BCUT2D eigenvalue weighted by atomic mass is 16.5. The summed E-state index contributed by atoms with van der Waals surface area (Å²) >= 11 is 0. The maximum atomic E-state index is 14.2. The largest absolute Gasteiger partial charge is 0.468 e. The molecule has 2 saturated heterocycles. The number of hydrogen-bond donors (Lipinski definition) is 3. The Bertz CT molecular complexity index is 2030. The van der Waals surface area contributed by atoms with Gasteiger partial charge in [0, 0.05) is 68.2 Å². The van der Waals surface area contributed by atoms with Crippen molar-refractivity contribution in [2.24, 2.45) is 11.3 Å². The smallest absolute Gasteiger partial charge is 0.408 e. The molecular weight excluding hydrogens is 737 g/mol. The first-order valence-corrected chi connectivity index (χ1v) is 20.6. The molecule has 13 heteroatoms. The second kappa shape index (κ2) is 19.2. The standard InChI is InChI=1S/C45H60N6O7/c1-7-50-39-20-19-33(25-35(39)36(26-45(3,4)29-52)41(50)34-17-11-21-46-40(34)30(2)56-5)49-22-12-16-32(27-49)24-38(47-44(55)58-28-31-14-9-8-10-15-31)42(53)51-23-13-18-37(48-51)43(54)57-6/h8-11,14-15,17,19-21,25,30,32,37-38,48,52H,7,12-13,16,18,22-24,26-29H2,1-6H3,(H,47,55)/t30-,32-,37-,38-/m0/s1. The number of nitrogens with one attached hydrogen (secondary N) is 2. The molecule has 0 unspecified atom stereocenters. The summed E-state index contributed by atoms with van der Waals surface area (Å²) in [5.41, 5.74) is 9.84. The minimum atomic E-state index is -0.878. The third-order valence-corrected chi connectivity index (χ3v) is 11.6. The van der Waals surface area contributed by atoms with Crippen LogP contribution in [0.5, 0.6) is 0 Å². The summed E-state index contributed by atoms with van der Waals surface area (Å²) in [6.45, 7) is 11.1. The normalized spacial score (nSPS) is 18.5. The van der Waals surface area contributed by atoms with E-state index in [-0.39, 0.29) is 36.6 Å². The molecule has 4 atom stereocenters. The Labute approximate surface area is 342 Å². The van der Waals surface area contributed by atoms with Gasteiger partial charge in [0.25, 0.3) is 5.91 Å². The van der Waals surface area contributed by atoms with Gasteiger partial charge in [-0.1, -0.05) is 44.2 Å². The van der Waals surface area contributed by atoms with E-state index >= 15 is 0 Å². The number of hydrazine groups is 1. The molecule has 58 heavy (non-hydrogen) atoms. The number of rotatable bonds is 15. The number of amides is 2. The van der Waals surface area contributed by atoms with E-state index in [2.05, 4.69) is 65.2 Å². The summed E-state index contributed by atoms with van der Waals surface area (Å²) in [5, 5.41) is 15.9. The average molecular weight is 797 g/mol. The van der Waals surface area contributed by atoms with Crippen LogP contribution in [0.25, 0.3) is 22.2 Å². The number of aryl methyl sites for hydroxylation is 1. The maximum Gasteiger partial charge on any atom is 0.408 e. The van der Waals surface area contributed by atoms with E-state index in [0.29, 0.717) is 38.8 Å². The Kier molecular flexibility index (Phi) is 14.1. The Morgan fingerprint density at radius 2 is 1.81 bits per heavy atom. The van der Waals surface area contributed by atoms with Crippen LogP contribution >= 0.6 is 0 Å². The number of methoxy groups -OCH3 is 2. The van der Waals surface area contributed by atoms with Crippen molar-refractivity contribution in [1.29, 1.82) is 0 Å². The molecule has 0 radical (unpaired) electrons. The Morgan fingerprint density at radius 1 is 1.03 bits per heavy atom. The predicted molar refractivity (Wildman–Crippen MR) is 224 cm³/mol. The second-order valence-electron chi connectivity index (χ2n) is 16.4. The van der Waals surface area contributed by atoms with Gasteiger partial charge in [-0.15, -0.1) is 0 Å². The lowest BCUT2D eigenvalue weighted by atomic mass is 9.84. The lowest BCUT2D eigenvalue weighted by molar-refractivity contribution is -0.150. The van der Waals surface area contributed by atoms with Gasteiger partial charge in [0.2, 0.25) is 0 Å². The fourth-order valence-electron chi connectivity index (χ4n) is 8.41. The van der Waals surface area contributed by atoms with E-state index in [4.69, 9.17) is 19.2 Å². The molecule has 3 N–H and O–H groups in total. The van der Waals surface area contributed by atoms with Crippen molar-refractivity contribution in [1.82, 2.24) is 25.3 Å². The minimum Gasteiger partial charge on any atom is -0.468 e. The van der Waals surface area contributed by atoms with E-state index in [1.807, 2.05) is 43.3 Å². The van der Waals surface area contributed by atoms with Crippen molar-refractivity contribution in [2.75, 3.05) is 45.4 Å². The fourth-order valence-corrected chi connectivity index (χ4v) is 8.41. The van der Waals surface area contributed by atoms with Crippen LogP contribution in [-0.2, 0) is 43.4 Å². The molecule has 2 fully saturated rings. The molecular formula is C45H60N6O7. The third kappa shape index (κ3) is 9.82. The number of nitrogens with zero attached hydrogens (tertiary/aromatic N) is 4. The number of piperidine rings is 1. The van der Waals surface area contributed by atoms with Gasteiger partial charge in [-0.25, -0.2) is 10.2 Å². The summed E-state index contributed by atoms with van der Waals surface area (Å²) in [7, 11) is 3.03. The quantitative estimate of drug-likeness (QED) is 0.113. The van der Waals surface area contributed by atoms with Gasteiger partial charge in [0.05, 0.1) is 24.6 Å². The maximum absolute atomic E-state index is 14.2. The van der Waals surface area contributed by atoms with Crippen LogP contribution in [-0.4, -0.2) is 90.2 Å². The van der Waals surface area contributed by atoms with E-state index in [1.165, 1.54) is 12.1 Å². The van der Waals surface area contributed by atoms with Gasteiger partial charge in [0.15, 0.2) is 0 Å². The highest BCUT2D eigenvalue weighted by Crippen LogP contribution is 2.42. The van der Waals surface area contributed by atoms with Crippen LogP contribution in [0, 0.1) is 11.3 Å². The van der Waals surface area contributed by atoms with Gasteiger partial charge in [-0.3, -0.25) is 19.6 Å². The van der Waals surface area contributed by atoms with Crippen LogP contribution < -0.4 is 15.6 Å². The number of aromatic nitrogens is 2. The van der Waals surface area contributed by atoms with Crippen molar-refractivity contribution in [3.63, 3.8) is 0 Å². The van der Waals surface area contributed by atoms with Crippen LogP contribution in [0.1, 0.15) is 82.7 Å². The van der Waals surface area contributed by atoms with Crippen LogP contribution in [0.4, 0.5) is 10.5 Å². The number of hydrogen-bond acceptors (Lipinski definition) is 10. The number of aliphatic hydroxyl groups is 1. The van der Waals surface area contributed by atoms with Crippen molar-refractivity contribution < 1.29 is 33.7 Å². The van der Waals surface area contributed by atoms with E-state index in [9.17, 15) is 19.5 Å². The van der Waals surface area contributed by atoms with Gasteiger partial charge in [0.1, 0.15) is 18.7 Å². The molecule has 2 aromatic carbocycles. The Hall–Kier alpha value is -4.98.